The van der Waals surface area contributed by atoms with Gasteiger partial charge >= 0.3 is 0 Å². The van der Waals surface area contributed by atoms with Crippen LogP contribution in [0.2, 0.25) is 5.02 Å². The number of aromatic nitrogens is 1. The number of hydrogen-bond donors (Lipinski definition) is 1. The molecule has 0 atom stereocenters. The molecule has 2 heterocycles. The van der Waals surface area contributed by atoms with Crippen LogP contribution in [-0.2, 0) is 4.79 Å². The Kier molecular flexibility index (Phi) is 5.83. The van der Waals surface area contributed by atoms with Crippen molar-refractivity contribution in [2.45, 2.75) is 19.8 Å². The van der Waals surface area contributed by atoms with E-state index in [4.69, 9.17) is 17.3 Å². The van der Waals surface area contributed by atoms with Gasteiger partial charge in [0, 0.05) is 35.4 Å². The van der Waals surface area contributed by atoms with Crippen molar-refractivity contribution in [3.63, 3.8) is 0 Å². The Morgan fingerprint density at radius 2 is 1.74 bits per heavy atom. The Hall–Kier alpha value is -3.12. The van der Waals surface area contributed by atoms with Crippen molar-refractivity contribution in [1.82, 2.24) is 9.47 Å². The third-order valence-corrected chi connectivity index (χ3v) is 6.12. The molecule has 5 nitrogen and oxygen atoms in total. The average Bonchev–Trinajstić information content (AvgIpc) is 3.11. The summed E-state index contributed by atoms with van der Waals surface area (Å²) in [4.78, 5) is 26.5. The van der Waals surface area contributed by atoms with E-state index in [1.807, 2.05) is 35.8 Å². The zero-order valence-electron chi connectivity index (χ0n) is 17.1. The van der Waals surface area contributed by atoms with E-state index in [9.17, 15) is 14.0 Å². The van der Waals surface area contributed by atoms with Crippen molar-refractivity contribution in [3.05, 3.63) is 76.7 Å². The molecule has 0 unspecified atom stereocenters. The van der Waals surface area contributed by atoms with Crippen LogP contribution in [0, 0.1) is 18.7 Å². The van der Waals surface area contributed by atoms with E-state index in [0.717, 1.165) is 17.0 Å². The Labute approximate surface area is 185 Å². The highest BCUT2D eigenvalue weighted by Crippen LogP contribution is 2.32. The molecule has 1 fully saturated rings. The fraction of sp³-hybridized carbons (Fsp3) is 0.250. The predicted molar refractivity (Wildman–Crippen MR) is 119 cm³/mol. The fourth-order valence-corrected chi connectivity index (χ4v) is 4.27. The smallest absolute Gasteiger partial charge is 0.255 e. The summed E-state index contributed by atoms with van der Waals surface area (Å²) < 4.78 is 15.9. The van der Waals surface area contributed by atoms with Crippen LogP contribution >= 0.6 is 11.6 Å². The number of amides is 2. The third kappa shape index (κ3) is 4.21. The van der Waals surface area contributed by atoms with Crippen LogP contribution < -0.4 is 5.73 Å². The van der Waals surface area contributed by atoms with Crippen LogP contribution in [0.15, 0.2) is 54.6 Å². The van der Waals surface area contributed by atoms with Crippen molar-refractivity contribution in [2.75, 3.05) is 13.1 Å². The molecule has 0 spiro atoms. The van der Waals surface area contributed by atoms with Gasteiger partial charge in [-0.3, -0.25) is 9.59 Å². The van der Waals surface area contributed by atoms with Crippen molar-refractivity contribution >= 4 is 23.4 Å². The number of hydrogen-bond acceptors (Lipinski definition) is 2. The van der Waals surface area contributed by atoms with Crippen LogP contribution in [0.5, 0.6) is 0 Å². The van der Waals surface area contributed by atoms with Crippen LogP contribution in [0.4, 0.5) is 4.39 Å². The molecular formula is C24H23ClFN3O2. The number of carbonyl (C=O) groups excluding carboxylic acids is 2. The van der Waals surface area contributed by atoms with E-state index in [1.54, 1.807) is 23.1 Å². The minimum atomic E-state index is -0.353. The minimum Gasteiger partial charge on any atom is -0.369 e. The molecular weight excluding hydrogens is 417 g/mol. The van der Waals surface area contributed by atoms with E-state index >= 15 is 0 Å². The van der Waals surface area contributed by atoms with Gasteiger partial charge < -0.3 is 15.2 Å². The van der Waals surface area contributed by atoms with Crippen molar-refractivity contribution in [2.24, 2.45) is 11.7 Å². The lowest BCUT2D eigenvalue weighted by atomic mass is 9.96. The number of primary amides is 1. The van der Waals surface area contributed by atoms with Gasteiger partial charge in [-0.2, -0.15) is 0 Å². The van der Waals surface area contributed by atoms with Gasteiger partial charge in [0.2, 0.25) is 5.91 Å². The molecule has 7 heteroatoms. The first-order chi connectivity index (χ1) is 14.8. The normalized spacial score (nSPS) is 14.6. The van der Waals surface area contributed by atoms with Gasteiger partial charge in [0.05, 0.1) is 11.3 Å². The second-order valence-electron chi connectivity index (χ2n) is 7.82. The summed E-state index contributed by atoms with van der Waals surface area (Å²) >= 11 is 6.05. The molecule has 0 bridgehead atoms. The standard InChI is InChI=1S/C24H23ClFN3O2/c1-15-21(24(31)28-11-9-17(10-12-28)23(27)30)14-22(16-5-7-18(25)8-6-16)29(15)20-4-2-3-19(26)13-20/h2-8,13-14,17H,9-12H2,1H3,(H2,27,30). The van der Waals surface area contributed by atoms with Crippen LogP contribution in [-0.4, -0.2) is 34.4 Å². The number of rotatable bonds is 4. The maximum Gasteiger partial charge on any atom is 0.255 e. The molecule has 0 radical (unpaired) electrons. The summed E-state index contributed by atoms with van der Waals surface area (Å²) in [5.41, 5.74) is 8.95. The van der Waals surface area contributed by atoms with Gasteiger partial charge in [0.15, 0.2) is 0 Å². The minimum absolute atomic E-state index is 0.106. The van der Waals surface area contributed by atoms with Crippen molar-refractivity contribution in [1.29, 1.82) is 0 Å². The first kappa shape index (κ1) is 21.1. The van der Waals surface area contributed by atoms with Crippen LogP contribution in [0.1, 0.15) is 28.9 Å². The van der Waals surface area contributed by atoms with Crippen LogP contribution in [0.3, 0.4) is 0 Å². The summed E-state index contributed by atoms with van der Waals surface area (Å²) in [6, 6.07) is 15.4. The van der Waals surface area contributed by atoms with E-state index in [1.165, 1.54) is 12.1 Å². The van der Waals surface area contributed by atoms with E-state index < -0.39 is 0 Å². The molecule has 4 rings (SSSR count). The van der Waals surface area contributed by atoms with Gasteiger partial charge in [-0.1, -0.05) is 29.8 Å². The quantitative estimate of drug-likeness (QED) is 0.646. The van der Waals surface area contributed by atoms with E-state index in [2.05, 4.69) is 0 Å². The molecule has 1 saturated heterocycles. The topological polar surface area (TPSA) is 68.3 Å². The number of benzene rings is 2. The highest BCUT2D eigenvalue weighted by atomic mass is 35.5. The van der Waals surface area contributed by atoms with Gasteiger partial charge in [0.25, 0.3) is 5.91 Å². The molecule has 3 aromatic rings. The molecule has 1 aromatic heterocycles. The molecule has 160 valence electrons. The molecule has 2 N–H and O–H groups in total. The lowest BCUT2D eigenvalue weighted by Crippen LogP contribution is -2.41. The zero-order chi connectivity index (χ0) is 22.1. The molecule has 0 aliphatic carbocycles. The first-order valence-electron chi connectivity index (χ1n) is 10.2. The monoisotopic (exact) mass is 439 g/mol. The van der Waals surface area contributed by atoms with Crippen molar-refractivity contribution in [3.8, 4) is 16.9 Å². The van der Waals surface area contributed by atoms with Crippen molar-refractivity contribution < 1.29 is 14.0 Å². The molecule has 0 saturated carbocycles. The van der Waals surface area contributed by atoms with Gasteiger partial charge in [-0.05, 0) is 61.7 Å². The summed E-state index contributed by atoms with van der Waals surface area (Å²) in [5.74, 6) is -0.961. The van der Waals surface area contributed by atoms with Crippen LogP contribution in [0.25, 0.3) is 16.9 Å². The number of nitrogens with zero attached hydrogens (tertiary/aromatic N) is 2. The number of likely N-dealkylation sites (tertiary alicyclic amines) is 1. The SMILES string of the molecule is Cc1c(C(=O)N2CCC(C(N)=O)CC2)cc(-c2ccc(Cl)cc2)n1-c1cccc(F)c1. The summed E-state index contributed by atoms with van der Waals surface area (Å²) in [7, 11) is 0. The lowest BCUT2D eigenvalue weighted by Gasteiger charge is -2.30. The first-order valence-corrected chi connectivity index (χ1v) is 10.6. The number of halogens is 2. The number of piperidine rings is 1. The number of nitrogens with two attached hydrogens (primary N) is 1. The van der Waals surface area contributed by atoms with Gasteiger partial charge in [0.1, 0.15) is 5.82 Å². The van der Waals surface area contributed by atoms with Gasteiger partial charge in [-0.25, -0.2) is 4.39 Å². The Bertz CT molecular complexity index is 1130. The third-order valence-electron chi connectivity index (χ3n) is 5.87. The second kappa shape index (κ2) is 8.55. The number of carbonyl (C=O) groups is 2. The molecule has 1 aliphatic heterocycles. The summed E-state index contributed by atoms with van der Waals surface area (Å²) in [6.45, 7) is 2.81. The largest absolute Gasteiger partial charge is 0.369 e. The average molecular weight is 440 g/mol. The predicted octanol–water partition coefficient (Wildman–Crippen LogP) is 4.58. The second-order valence-corrected chi connectivity index (χ2v) is 8.26. The maximum atomic E-state index is 14.0. The highest BCUT2D eigenvalue weighted by molar-refractivity contribution is 6.30. The summed E-state index contributed by atoms with van der Waals surface area (Å²) in [6.07, 6.45) is 1.13. The summed E-state index contributed by atoms with van der Waals surface area (Å²) in [5, 5.41) is 0.609. The Morgan fingerprint density at radius 1 is 1.06 bits per heavy atom. The Balaban J connectivity index is 1.76. The molecule has 1 aliphatic rings. The van der Waals surface area contributed by atoms with Gasteiger partial charge in [-0.15, -0.1) is 0 Å². The molecule has 31 heavy (non-hydrogen) atoms. The lowest BCUT2D eigenvalue weighted by molar-refractivity contribution is -0.123. The fourth-order valence-electron chi connectivity index (χ4n) is 4.14. The van der Waals surface area contributed by atoms with E-state index in [-0.39, 0.29) is 23.5 Å². The maximum absolute atomic E-state index is 14.0. The highest BCUT2D eigenvalue weighted by Gasteiger charge is 2.29. The van der Waals surface area contributed by atoms with E-state index in [0.29, 0.717) is 42.2 Å². The molecule has 2 amide bonds. The molecule has 2 aromatic carbocycles. The Morgan fingerprint density at radius 3 is 2.35 bits per heavy atom. The zero-order valence-corrected chi connectivity index (χ0v) is 17.9.